The van der Waals surface area contributed by atoms with Gasteiger partial charge in [-0.25, -0.2) is 4.98 Å². The van der Waals surface area contributed by atoms with Crippen LogP contribution in [0.15, 0.2) is 182 Å². The van der Waals surface area contributed by atoms with Crippen molar-refractivity contribution in [2.75, 3.05) is 9.80 Å². The fraction of sp³-hybridized carbons (Fsp3) is 0.194. The number of pyridine rings is 1. The molecule has 0 bridgehead atoms. The van der Waals surface area contributed by atoms with Crippen molar-refractivity contribution in [3.63, 3.8) is 0 Å². The van der Waals surface area contributed by atoms with Gasteiger partial charge in [-0.15, -0.1) is 48.1 Å². The summed E-state index contributed by atoms with van der Waals surface area (Å²) in [6.07, 6.45) is 8.81. The van der Waals surface area contributed by atoms with Crippen LogP contribution in [0.3, 0.4) is 0 Å². The molecular weight excluding hydrogens is 1040 g/mol. The molecule has 3 aliphatic heterocycles. The fourth-order valence-corrected chi connectivity index (χ4v) is 9.68. The average molecular weight is 1090 g/mol. The maximum Gasteiger partial charge on any atom is 0.314 e. The number of ether oxygens (including phenoxy) is 1. The molecule has 0 radical (unpaired) electrons. The van der Waals surface area contributed by atoms with Crippen LogP contribution in [0.1, 0.15) is 90.1 Å². The Morgan fingerprint density at radius 3 is 1.96 bits per heavy atom. The second kappa shape index (κ2) is 17.9. The maximum absolute atomic E-state index is 6.72. The van der Waals surface area contributed by atoms with Crippen LogP contribution in [0.2, 0.25) is 0 Å². The average Bonchev–Trinajstić information content (AvgIpc) is 3.89. The smallest absolute Gasteiger partial charge is 0.314 e. The third kappa shape index (κ3) is 8.64. The summed E-state index contributed by atoms with van der Waals surface area (Å²) >= 11 is 0. The summed E-state index contributed by atoms with van der Waals surface area (Å²) in [6.45, 7) is 22.8. The van der Waals surface area contributed by atoms with Crippen LogP contribution < -0.4 is 14.5 Å². The number of benzene rings is 6. The maximum atomic E-state index is 6.72. The predicted molar refractivity (Wildman–Crippen MR) is 288 cm³/mol. The SMILES string of the molecule is CC(C)(C)c1cc(C2=C(N3[CH-]N(c4[c-]c(Oc5[c-]c6c(cc5)c5ccccc5n6-c5cc(C(C)(C)C)ccn5)ccc4)c4ccccc43)N3C=C(c4ccccc4)C=CB3C=C2)cc(C(C)(C)C)c1.[Pt]. The van der Waals surface area contributed by atoms with Gasteiger partial charge >= 0.3 is 6.85 Å². The Morgan fingerprint density at radius 2 is 1.23 bits per heavy atom. The summed E-state index contributed by atoms with van der Waals surface area (Å²) in [7, 11) is 0. The van der Waals surface area contributed by atoms with Crippen molar-refractivity contribution in [1.29, 1.82) is 0 Å². The number of aromatic nitrogens is 2. The van der Waals surface area contributed by atoms with E-state index in [9.17, 15) is 0 Å². The Morgan fingerprint density at radius 1 is 0.571 bits per heavy atom. The molecule has 0 N–H and O–H groups in total. The fourth-order valence-electron chi connectivity index (χ4n) is 9.68. The second-order valence-electron chi connectivity index (χ2n) is 21.5. The molecule has 0 unspecified atom stereocenters. The molecule has 5 heterocycles. The van der Waals surface area contributed by atoms with Crippen molar-refractivity contribution >= 4 is 56.9 Å². The minimum Gasteiger partial charge on any atom is -0.509 e. The molecule has 352 valence electrons. The Kier molecular flexibility index (Phi) is 12.0. The number of hydrogen-bond donors (Lipinski definition) is 0. The first-order valence-electron chi connectivity index (χ1n) is 24.1. The van der Waals surface area contributed by atoms with Gasteiger partial charge in [-0.3, -0.25) is 0 Å². The number of anilines is 3. The standard InChI is InChI=1S/C62H57BN5O.Pt/c1-60(2,3)45-30-33-64-58(37-45)68-54-23-14-13-22-52(54)53-27-26-50(39-57(53)68)69-49-21-17-20-48(38-49)65-41-66(56-25-16-15-24-55(56)65)59-51(44-34-46(61(4,5)6)36-47(35-44)62(7,8)9)29-32-63-31-28-43(40-67(59)63)42-18-11-10-12-19-42;/h10-37,40-41H,1-9H3;/q-3;. The summed E-state index contributed by atoms with van der Waals surface area (Å²) in [5.74, 6) is 7.76. The normalized spacial score (nSPS) is 14.8. The third-order valence-corrected chi connectivity index (χ3v) is 13.6. The monoisotopic (exact) mass is 1090 g/mol. The molecule has 8 heteroatoms. The molecule has 0 fully saturated rings. The Labute approximate surface area is 428 Å². The van der Waals surface area contributed by atoms with Crippen LogP contribution in [0.25, 0.3) is 38.8 Å². The van der Waals surface area contributed by atoms with Gasteiger partial charge in [-0.2, -0.15) is 12.1 Å². The quantitative estimate of drug-likeness (QED) is 0.117. The van der Waals surface area contributed by atoms with E-state index in [0.29, 0.717) is 11.5 Å². The van der Waals surface area contributed by atoms with Gasteiger partial charge in [0.05, 0.1) is 5.82 Å². The molecule has 0 amide bonds. The van der Waals surface area contributed by atoms with Gasteiger partial charge in [-0.05, 0) is 85.4 Å². The third-order valence-electron chi connectivity index (χ3n) is 13.6. The largest absolute Gasteiger partial charge is 0.509 e. The number of allylic oxidation sites excluding steroid dienone is 4. The van der Waals surface area contributed by atoms with Crippen molar-refractivity contribution in [2.45, 2.75) is 78.6 Å². The van der Waals surface area contributed by atoms with Crippen molar-refractivity contribution in [3.05, 3.63) is 228 Å². The van der Waals surface area contributed by atoms with Crippen LogP contribution in [0.5, 0.6) is 11.5 Å². The van der Waals surface area contributed by atoms with Crippen LogP contribution in [0, 0.1) is 18.8 Å². The number of fused-ring (bicyclic) bond motifs is 5. The van der Waals surface area contributed by atoms with E-state index in [1.165, 1.54) is 27.8 Å². The first-order chi connectivity index (χ1) is 33.1. The van der Waals surface area contributed by atoms with Gasteiger partial charge in [0.2, 0.25) is 0 Å². The molecule has 70 heavy (non-hydrogen) atoms. The molecule has 2 aromatic heterocycles. The summed E-state index contributed by atoms with van der Waals surface area (Å²) < 4.78 is 8.92. The van der Waals surface area contributed by atoms with E-state index in [-0.39, 0.29) is 44.2 Å². The molecule has 0 saturated heterocycles. The molecule has 6 nitrogen and oxygen atoms in total. The van der Waals surface area contributed by atoms with E-state index in [1.54, 1.807) is 0 Å². The van der Waals surface area contributed by atoms with Gasteiger partial charge in [0, 0.05) is 67.4 Å². The van der Waals surface area contributed by atoms with Crippen LogP contribution >= 0.6 is 0 Å². The van der Waals surface area contributed by atoms with E-state index >= 15 is 0 Å². The molecule has 0 saturated carbocycles. The van der Waals surface area contributed by atoms with E-state index in [4.69, 9.17) is 9.72 Å². The van der Waals surface area contributed by atoms with Gasteiger partial charge < -0.3 is 23.9 Å². The Bertz CT molecular complexity index is 3400. The first-order valence-corrected chi connectivity index (χ1v) is 24.1. The minimum atomic E-state index is -0.0465. The summed E-state index contributed by atoms with van der Waals surface area (Å²) in [4.78, 5) is 11.9. The molecule has 6 aromatic carbocycles. The minimum absolute atomic E-state index is 0. The van der Waals surface area contributed by atoms with Crippen molar-refractivity contribution in [3.8, 4) is 17.3 Å². The number of nitrogens with zero attached hydrogens (tertiary/aromatic N) is 5. The molecule has 8 aromatic rings. The zero-order valence-electron chi connectivity index (χ0n) is 41.4. The topological polar surface area (TPSA) is 36.8 Å². The predicted octanol–water partition coefficient (Wildman–Crippen LogP) is 15.5. The van der Waals surface area contributed by atoms with E-state index < -0.39 is 0 Å². The molecule has 0 aliphatic carbocycles. The Balaban J connectivity index is 0.00000567. The van der Waals surface area contributed by atoms with Gasteiger partial charge in [0.1, 0.15) is 5.82 Å². The van der Waals surface area contributed by atoms with Gasteiger partial charge in [-0.1, -0.05) is 171 Å². The van der Waals surface area contributed by atoms with Crippen molar-refractivity contribution in [2.24, 2.45) is 0 Å². The van der Waals surface area contributed by atoms with Gasteiger partial charge in [0.25, 0.3) is 0 Å². The summed E-state index contributed by atoms with van der Waals surface area (Å²) in [6, 6.07) is 56.8. The van der Waals surface area contributed by atoms with Crippen LogP contribution in [-0.2, 0) is 37.3 Å². The number of hydrogen-bond acceptors (Lipinski definition) is 5. The number of rotatable bonds is 7. The molecule has 3 aliphatic rings. The molecule has 0 atom stereocenters. The van der Waals surface area contributed by atoms with E-state index in [1.807, 2.05) is 24.4 Å². The van der Waals surface area contributed by atoms with E-state index in [2.05, 4.69) is 252 Å². The van der Waals surface area contributed by atoms with E-state index in [0.717, 1.165) is 61.7 Å². The van der Waals surface area contributed by atoms with Crippen molar-refractivity contribution in [1.82, 2.24) is 14.4 Å². The zero-order valence-corrected chi connectivity index (χ0v) is 43.6. The van der Waals surface area contributed by atoms with Crippen LogP contribution in [-0.4, -0.2) is 21.2 Å². The summed E-state index contributed by atoms with van der Waals surface area (Å²) in [5.41, 5.74) is 13.4. The zero-order chi connectivity index (χ0) is 47.8. The van der Waals surface area contributed by atoms with Gasteiger partial charge in [0.15, 0.2) is 0 Å². The first kappa shape index (κ1) is 46.9. The second-order valence-corrected chi connectivity index (χ2v) is 21.5. The molecule has 11 rings (SSSR count). The molecular formula is C62H57BN5OPt-3. The molecule has 0 spiro atoms. The Hall–Kier alpha value is -6.82. The van der Waals surface area contributed by atoms with Crippen LogP contribution in [0.4, 0.5) is 17.1 Å². The number of para-hydroxylation sites is 3. The van der Waals surface area contributed by atoms with Crippen molar-refractivity contribution < 1.29 is 25.8 Å². The summed E-state index contributed by atoms with van der Waals surface area (Å²) in [5, 5.41) is 2.23.